The van der Waals surface area contributed by atoms with Crippen molar-refractivity contribution in [2.24, 2.45) is 11.8 Å². The van der Waals surface area contributed by atoms with Crippen molar-refractivity contribution < 1.29 is 29.3 Å². The van der Waals surface area contributed by atoms with Gasteiger partial charge in [-0.15, -0.1) is 0 Å². The van der Waals surface area contributed by atoms with Gasteiger partial charge < -0.3 is 19.7 Å². The fourth-order valence-corrected chi connectivity index (χ4v) is 2.97. The minimum absolute atomic E-state index is 0.302. The summed E-state index contributed by atoms with van der Waals surface area (Å²) >= 11 is 0. The maximum atomic E-state index is 12.5. The van der Waals surface area contributed by atoms with E-state index < -0.39 is 42.3 Å². The number of carbonyl (C=O) groups excluding carboxylic acids is 2. The van der Waals surface area contributed by atoms with Crippen molar-refractivity contribution in [2.75, 3.05) is 0 Å². The first-order chi connectivity index (χ1) is 13.8. The number of rotatable bonds is 9. The summed E-state index contributed by atoms with van der Waals surface area (Å²) < 4.78 is 10.9. The predicted molar refractivity (Wildman–Crippen MR) is 108 cm³/mol. The standard InChI is InChI=1S/C23H28O6/c1-4-19(24)15(2)20(25)16(3)23(28-21(26)17-11-7-5-8-12-17)29-22(27)18-13-9-6-10-14-18/h5-16,19-20,23-25H,4H2,1-3H3. The summed E-state index contributed by atoms with van der Waals surface area (Å²) in [5, 5.41) is 20.8. The number of hydrogen-bond acceptors (Lipinski definition) is 6. The molecule has 0 bridgehead atoms. The molecular weight excluding hydrogens is 372 g/mol. The van der Waals surface area contributed by atoms with Gasteiger partial charge in [-0.1, -0.05) is 57.2 Å². The van der Waals surface area contributed by atoms with Gasteiger partial charge in [-0.3, -0.25) is 0 Å². The Kier molecular flexibility index (Phi) is 8.36. The van der Waals surface area contributed by atoms with Gasteiger partial charge in [0.2, 0.25) is 0 Å². The number of benzene rings is 2. The molecule has 156 valence electrons. The SMILES string of the molecule is CCC(O)C(C)C(O)C(C)C(OC(=O)c1ccccc1)OC(=O)c1ccccc1. The van der Waals surface area contributed by atoms with Crippen LogP contribution in [0.25, 0.3) is 0 Å². The highest BCUT2D eigenvalue weighted by Gasteiger charge is 2.36. The second-order valence-electron chi connectivity index (χ2n) is 7.10. The van der Waals surface area contributed by atoms with E-state index in [1.165, 1.54) is 0 Å². The Labute approximate surface area is 171 Å². The van der Waals surface area contributed by atoms with E-state index in [1.54, 1.807) is 81.4 Å². The van der Waals surface area contributed by atoms with Crippen LogP contribution in [-0.2, 0) is 9.47 Å². The number of ether oxygens (including phenoxy) is 2. The van der Waals surface area contributed by atoms with Crippen LogP contribution in [0, 0.1) is 11.8 Å². The molecule has 29 heavy (non-hydrogen) atoms. The van der Waals surface area contributed by atoms with Gasteiger partial charge in [0, 0.05) is 5.92 Å². The third-order valence-corrected chi connectivity index (χ3v) is 5.00. The molecule has 6 nitrogen and oxygen atoms in total. The normalized spacial score (nSPS) is 15.2. The molecule has 2 N–H and O–H groups in total. The van der Waals surface area contributed by atoms with Gasteiger partial charge in [-0.2, -0.15) is 0 Å². The molecule has 6 heteroatoms. The fourth-order valence-electron chi connectivity index (χ4n) is 2.97. The molecular formula is C23H28O6. The number of hydrogen-bond donors (Lipinski definition) is 2. The molecule has 2 rings (SSSR count). The molecule has 0 saturated heterocycles. The average Bonchev–Trinajstić information content (AvgIpc) is 2.77. The minimum atomic E-state index is -1.32. The van der Waals surface area contributed by atoms with E-state index in [9.17, 15) is 19.8 Å². The van der Waals surface area contributed by atoms with E-state index >= 15 is 0 Å². The molecule has 0 heterocycles. The predicted octanol–water partition coefficient (Wildman–Crippen LogP) is 3.43. The van der Waals surface area contributed by atoms with Crippen LogP contribution in [0.15, 0.2) is 60.7 Å². The third kappa shape index (κ3) is 6.14. The molecule has 0 saturated carbocycles. The van der Waals surface area contributed by atoms with Crippen LogP contribution in [0.4, 0.5) is 0 Å². The number of aliphatic hydroxyl groups excluding tert-OH is 2. The van der Waals surface area contributed by atoms with Crippen LogP contribution in [0.1, 0.15) is 47.9 Å². The van der Waals surface area contributed by atoms with Crippen LogP contribution < -0.4 is 0 Å². The second-order valence-corrected chi connectivity index (χ2v) is 7.10. The first kappa shape index (κ1) is 22.6. The highest BCUT2D eigenvalue weighted by molar-refractivity contribution is 5.91. The van der Waals surface area contributed by atoms with Crippen molar-refractivity contribution in [1.29, 1.82) is 0 Å². The summed E-state index contributed by atoms with van der Waals surface area (Å²) in [7, 11) is 0. The molecule has 2 aromatic carbocycles. The Hall–Kier alpha value is -2.70. The van der Waals surface area contributed by atoms with Gasteiger partial charge in [-0.25, -0.2) is 9.59 Å². The van der Waals surface area contributed by atoms with Crippen molar-refractivity contribution in [2.45, 2.75) is 45.7 Å². The number of esters is 2. The zero-order valence-corrected chi connectivity index (χ0v) is 16.9. The van der Waals surface area contributed by atoms with Gasteiger partial charge in [0.25, 0.3) is 6.29 Å². The maximum absolute atomic E-state index is 12.5. The van der Waals surface area contributed by atoms with E-state index in [-0.39, 0.29) is 0 Å². The molecule has 0 fully saturated rings. The fraction of sp³-hybridized carbons (Fsp3) is 0.391. The first-order valence-electron chi connectivity index (χ1n) is 9.73. The van der Waals surface area contributed by atoms with E-state index in [2.05, 4.69) is 0 Å². The Morgan fingerprint density at radius 3 is 1.59 bits per heavy atom. The summed E-state index contributed by atoms with van der Waals surface area (Å²) in [5.41, 5.74) is 0.605. The number of carbonyl (C=O) groups is 2. The Balaban J connectivity index is 2.21. The largest absolute Gasteiger partial charge is 0.421 e. The zero-order chi connectivity index (χ0) is 21.4. The highest BCUT2D eigenvalue weighted by Crippen LogP contribution is 2.25. The van der Waals surface area contributed by atoms with E-state index in [0.29, 0.717) is 17.5 Å². The quantitative estimate of drug-likeness (QED) is 0.495. The van der Waals surface area contributed by atoms with Crippen molar-refractivity contribution in [1.82, 2.24) is 0 Å². The van der Waals surface area contributed by atoms with Gasteiger partial charge in [0.1, 0.15) is 0 Å². The van der Waals surface area contributed by atoms with Gasteiger partial charge in [-0.05, 0) is 30.7 Å². The molecule has 4 atom stereocenters. The van der Waals surface area contributed by atoms with Gasteiger partial charge in [0.15, 0.2) is 0 Å². The molecule has 0 amide bonds. The topological polar surface area (TPSA) is 93.1 Å². The van der Waals surface area contributed by atoms with Crippen molar-refractivity contribution in [3.05, 3.63) is 71.8 Å². The summed E-state index contributed by atoms with van der Waals surface area (Å²) in [5.74, 6) is -2.59. The zero-order valence-electron chi connectivity index (χ0n) is 16.9. The molecule has 4 unspecified atom stereocenters. The smallest absolute Gasteiger partial charge is 0.341 e. The maximum Gasteiger partial charge on any atom is 0.341 e. The Bertz CT molecular complexity index is 723. The van der Waals surface area contributed by atoms with Crippen LogP contribution in [0.3, 0.4) is 0 Å². The van der Waals surface area contributed by atoms with E-state index in [0.717, 1.165) is 0 Å². The van der Waals surface area contributed by atoms with Crippen LogP contribution >= 0.6 is 0 Å². The van der Waals surface area contributed by atoms with Gasteiger partial charge >= 0.3 is 11.9 Å². The summed E-state index contributed by atoms with van der Waals surface area (Å²) in [4.78, 5) is 25.0. The molecule has 0 aromatic heterocycles. The van der Waals surface area contributed by atoms with E-state index in [4.69, 9.17) is 9.47 Å². The number of aliphatic hydroxyl groups is 2. The second kappa shape index (κ2) is 10.7. The average molecular weight is 400 g/mol. The van der Waals surface area contributed by atoms with Crippen molar-refractivity contribution >= 4 is 11.9 Å². The highest BCUT2D eigenvalue weighted by atomic mass is 16.7. The van der Waals surface area contributed by atoms with Crippen molar-refractivity contribution in [3.8, 4) is 0 Å². The lowest BCUT2D eigenvalue weighted by Gasteiger charge is -2.32. The molecule has 2 aromatic rings. The van der Waals surface area contributed by atoms with E-state index in [1.807, 2.05) is 0 Å². The monoisotopic (exact) mass is 400 g/mol. The first-order valence-corrected chi connectivity index (χ1v) is 9.73. The van der Waals surface area contributed by atoms with Crippen LogP contribution in [0.2, 0.25) is 0 Å². The molecule has 0 aliphatic rings. The lowest BCUT2D eigenvalue weighted by Crippen LogP contribution is -2.42. The summed E-state index contributed by atoms with van der Waals surface area (Å²) in [6, 6.07) is 16.7. The molecule has 0 aliphatic heterocycles. The third-order valence-electron chi connectivity index (χ3n) is 5.00. The van der Waals surface area contributed by atoms with Gasteiger partial charge in [0.05, 0.1) is 29.3 Å². The van der Waals surface area contributed by atoms with Crippen LogP contribution in [-0.4, -0.2) is 40.6 Å². The van der Waals surface area contributed by atoms with Crippen molar-refractivity contribution in [3.63, 3.8) is 0 Å². The minimum Gasteiger partial charge on any atom is -0.421 e. The van der Waals surface area contributed by atoms with Crippen LogP contribution in [0.5, 0.6) is 0 Å². The lowest BCUT2D eigenvalue weighted by molar-refractivity contribution is -0.141. The lowest BCUT2D eigenvalue weighted by atomic mass is 9.88. The molecule has 0 radical (unpaired) electrons. The summed E-state index contributed by atoms with van der Waals surface area (Å²) in [6.07, 6.45) is -2.65. The molecule has 0 aliphatic carbocycles. The summed E-state index contributed by atoms with van der Waals surface area (Å²) in [6.45, 7) is 5.12. The Morgan fingerprint density at radius 2 is 1.21 bits per heavy atom. The Morgan fingerprint density at radius 1 is 0.793 bits per heavy atom. The molecule has 0 spiro atoms.